The van der Waals surface area contributed by atoms with E-state index in [1.165, 1.54) is 16.2 Å². The number of rotatable bonds is 6. The predicted octanol–water partition coefficient (Wildman–Crippen LogP) is 1.86. The van der Waals surface area contributed by atoms with Gasteiger partial charge < -0.3 is 20.0 Å². The van der Waals surface area contributed by atoms with Gasteiger partial charge in [-0.15, -0.1) is 0 Å². The van der Waals surface area contributed by atoms with Crippen molar-refractivity contribution in [3.63, 3.8) is 0 Å². The Balaban J connectivity index is 1.21. The van der Waals surface area contributed by atoms with Crippen LogP contribution in [0.1, 0.15) is 24.8 Å². The van der Waals surface area contributed by atoms with Crippen LogP contribution in [0.25, 0.3) is 0 Å². The third kappa shape index (κ3) is 4.82. The molecule has 0 bridgehead atoms. The molecule has 2 amide bonds. The van der Waals surface area contributed by atoms with Gasteiger partial charge in [-0.3, -0.25) is 9.59 Å². The summed E-state index contributed by atoms with van der Waals surface area (Å²) in [4.78, 5) is 30.0. The van der Waals surface area contributed by atoms with Gasteiger partial charge in [0.1, 0.15) is 0 Å². The van der Waals surface area contributed by atoms with Gasteiger partial charge in [0.15, 0.2) is 0 Å². The highest BCUT2D eigenvalue weighted by atomic mass is 16.2. The van der Waals surface area contributed by atoms with Crippen LogP contribution in [0.2, 0.25) is 0 Å². The number of aryl methyl sites for hydroxylation is 1. The molecule has 0 aromatic heterocycles. The second-order valence-corrected chi connectivity index (χ2v) is 8.27. The van der Waals surface area contributed by atoms with Crippen LogP contribution >= 0.6 is 0 Å². The highest BCUT2D eigenvalue weighted by Gasteiger charge is 2.22. The average Bonchev–Trinajstić information content (AvgIpc) is 3.19. The average molecular weight is 408 g/mol. The lowest BCUT2D eigenvalue weighted by Gasteiger charge is -2.34. The van der Waals surface area contributed by atoms with Crippen molar-refractivity contribution < 1.29 is 14.5 Å². The Kier molecular flexibility index (Phi) is 6.33. The molecule has 30 heavy (non-hydrogen) atoms. The maximum atomic E-state index is 12.4. The first-order valence-electron chi connectivity index (χ1n) is 10.9. The molecule has 0 saturated carbocycles. The maximum absolute atomic E-state index is 12.4. The second-order valence-electron chi connectivity index (χ2n) is 8.27. The molecule has 0 atom stereocenters. The number of nitrogens with zero attached hydrogens (tertiary/aromatic N) is 2. The highest BCUT2D eigenvalue weighted by Crippen LogP contribution is 2.23. The minimum atomic E-state index is 0.0498. The van der Waals surface area contributed by atoms with Crippen molar-refractivity contribution in [1.29, 1.82) is 0 Å². The second kappa shape index (κ2) is 9.30. The lowest BCUT2D eigenvalue weighted by molar-refractivity contribution is -0.900. The summed E-state index contributed by atoms with van der Waals surface area (Å²) >= 11 is 0. The van der Waals surface area contributed by atoms with E-state index in [-0.39, 0.29) is 11.8 Å². The predicted molar refractivity (Wildman–Crippen MR) is 120 cm³/mol. The number of anilines is 3. The lowest BCUT2D eigenvalue weighted by Crippen LogP contribution is -3.15. The number of nitrogens with one attached hydrogen (secondary N) is 2. The Bertz CT molecular complexity index is 888. The van der Waals surface area contributed by atoms with Gasteiger partial charge in [-0.1, -0.05) is 18.2 Å². The molecule has 2 heterocycles. The molecule has 2 saturated heterocycles. The monoisotopic (exact) mass is 407 g/mol. The third-order valence-corrected chi connectivity index (χ3v) is 6.17. The number of quaternary nitrogens is 1. The van der Waals surface area contributed by atoms with Crippen LogP contribution in [-0.4, -0.2) is 51.1 Å². The Hall–Kier alpha value is -2.86. The normalized spacial score (nSPS) is 17.4. The van der Waals surface area contributed by atoms with Crippen LogP contribution in [0.4, 0.5) is 17.1 Å². The molecular formula is C24H31N4O2+. The van der Waals surface area contributed by atoms with E-state index in [0.717, 1.165) is 57.1 Å². The van der Waals surface area contributed by atoms with Gasteiger partial charge in [-0.05, 0) is 49.2 Å². The van der Waals surface area contributed by atoms with E-state index >= 15 is 0 Å². The number of piperazine rings is 1. The molecule has 6 heteroatoms. The van der Waals surface area contributed by atoms with Crippen molar-refractivity contribution >= 4 is 28.9 Å². The number of carbonyl (C=O) groups excluding carboxylic acids is 2. The third-order valence-electron chi connectivity index (χ3n) is 6.17. The van der Waals surface area contributed by atoms with Gasteiger partial charge in [0.25, 0.3) is 0 Å². The molecule has 158 valence electrons. The van der Waals surface area contributed by atoms with Crippen LogP contribution in [-0.2, 0) is 9.59 Å². The fraction of sp³-hybridized carbons (Fsp3) is 0.417. The van der Waals surface area contributed by atoms with Gasteiger partial charge in [0.05, 0.1) is 39.1 Å². The molecule has 6 nitrogen and oxygen atoms in total. The lowest BCUT2D eigenvalue weighted by atomic mass is 10.1. The number of amides is 2. The van der Waals surface area contributed by atoms with Gasteiger partial charge in [-0.2, -0.15) is 0 Å². The summed E-state index contributed by atoms with van der Waals surface area (Å²) in [6.45, 7) is 7.96. The zero-order valence-corrected chi connectivity index (χ0v) is 17.7. The number of benzene rings is 2. The molecule has 4 rings (SSSR count). The van der Waals surface area contributed by atoms with Crippen LogP contribution in [0, 0.1) is 6.92 Å². The first-order valence-corrected chi connectivity index (χ1v) is 10.9. The maximum Gasteiger partial charge on any atom is 0.230 e. The van der Waals surface area contributed by atoms with Gasteiger partial charge in [0.2, 0.25) is 11.8 Å². The van der Waals surface area contributed by atoms with Crippen molar-refractivity contribution in [1.82, 2.24) is 0 Å². The SMILES string of the molecule is Cc1ccccc1N1CC[NH+](CCC(=O)Nc2ccc(N3CCCC3=O)cc2)CC1. The standard InChI is InChI=1S/C24H30N4O2/c1-19-5-2-3-6-22(19)27-17-15-26(16-18-27)14-12-23(29)25-20-8-10-21(11-9-20)28-13-4-7-24(28)30/h2-3,5-6,8-11H,4,7,12-18H2,1H3,(H,25,29)/p+1. The van der Waals surface area contributed by atoms with Crippen molar-refractivity contribution in [2.75, 3.05) is 54.4 Å². The van der Waals surface area contributed by atoms with E-state index < -0.39 is 0 Å². The minimum absolute atomic E-state index is 0.0498. The first kappa shape index (κ1) is 20.4. The number of hydrogen-bond acceptors (Lipinski definition) is 3. The minimum Gasteiger partial charge on any atom is -0.360 e. The summed E-state index contributed by atoms with van der Waals surface area (Å²) < 4.78 is 0. The van der Waals surface area contributed by atoms with Crippen molar-refractivity contribution in [2.24, 2.45) is 0 Å². The molecule has 0 aliphatic carbocycles. The van der Waals surface area contributed by atoms with Crippen LogP contribution in [0.3, 0.4) is 0 Å². The molecule has 2 aliphatic heterocycles. The molecule has 0 radical (unpaired) electrons. The topological polar surface area (TPSA) is 57.1 Å². The van der Waals surface area contributed by atoms with E-state index in [9.17, 15) is 9.59 Å². The van der Waals surface area contributed by atoms with Crippen molar-refractivity contribution in [3.8, 4) is 0 Å². The number of carbonyl (C=O) groups is 2. The summed E-state index contributed by atoms with van der Waals surface area (Å²) in [5, 5.41) is 2.99. The quantitative estimate of drug-likeness (QED) is 0.769. The molecule has 0 spiro atoms. The zero-order chi connectivity index (χ0) is 20.9. The largest absolute Gasteiger partial charge is 0.360 e. The van der Waals surface area contributed by atoms with Crippen molar-refractivity contribution in [2.45, 2.75) is 26.2 Å². The molecule has 2 aromatic rings. The Morgan fingerprint density at radius 3 is 2.43 bits per heavy atom. The van der Waals surface area contributed by atoms with Gasteiger partial charge >= 0.3 is 0 Å². The fourth-order valence-electron chi connectivity index (χ4n) is 4.39. The summed E-state index contributed by atoms with van der Waals surface area (Å²) in [6, 6.07) is 16.1. The fourth-order valence-corrected chi connectivity index (χ4v) is 4.39. The van der Waals surface area contributed by atoms with Crippen LogP contribution in [0.5, 0.6) is 0 Å². The molecule has 2 fully saturated rings. The Labute approximate surface area is 178 Å². The van der Waals surface area contributed by atoms with E-state index in [4.69, 9.17) is 0 Å². The zero-order valence-electron chi connectivity index (χ0n) is 17.7. The summed E-state index contributed by atoms with van der Waals surface area (Å²) in [6.07, 6.45) is 2.06. The van der Waals surface area contributed by atoms with E-state index in [1.807, 2.05) is 29.2 Å². The summed E-state index contributed by atoms with van der Waals surface area (Å²) in [7, 11) is 0. The Morgan fingerprint density at radius 2 is 1.77 bits per heavy atom. The first-order chi connectivity index (χ1) is 14.6. The summed E-state index contributed by atoms with van der Waals surface area (Å²) in [5.41, 5.74) is 4.34. The van der Waals surface area contributed by atoms with E-state index in [0.29, 0.717) is 12.8 Å². The van der Waals surface area contributed by atoms with Crippen molar-refractivity contribution in [3.05, 3.63) is 54.1 Å². The summed E-state index contributed by atoms with van der Waals surface area (Å²) in [5.74, 6) is 0.228. The van der Waals surface area contributed by atoms with Gasteiger partial charge in [-0.25, -0.2) is 0 Å². The highest BCUT2D eigenvalue weighted by molar-refractivity contribution is 5.96. The van der Waals surface area contributed by atoms with E-state index in [2.05, 4.69) is 41.4 Å². The van der Waals surface area contributed by atoms with Crippen LogP contribution < -0.4 is 20.0 Å². The Morgan fingerprint density at radius 1 is 1.03 bits per heavy atom. The molecule has 2 N–H and O–H groups in total. The molecule has 2 aliphatic rings. The van der Waals surface area contributed by atoms with Gasteiger partial charge in [0, 0.05) is 30.0 Å². The number of hydrogen-bond donors (Lipinski definition) is 2. The van der Waals surface area contributed by atoms with E-state index in [1.54, 1.807) is 0 Å². The van der Waals surface area contributed by atoms with Crippen LogP contribution in [0.15, 0.2) is 48.5 Å². The molecule has 0 unspecified atom stereocenters. The molecule has 2 aromatic carbocycles. The smallest absolute Gasteiger partial charge is 0.230 e. The number of para-hydroxylation sites is 1. The molecular weight excluding hydrogens is 376 g/mol.